The molecule has 0 amide bonds. The molecule has 0 heterocycles. The van der Waals surface area contributed by atoms with Crippen LogP contribution in [0.5, 0.6) is 0 Å². The van der Waals surface area contributed by atoms with Crippen LogP contribution < -0.4 is 5.73 Å². The lowest BCUT2D eigenvalue weighted by Crippen LogP contribution is -2.55. The van der Waals surface area contributed by atoms with Gasteiger partial charge in [-0.1, -0.05) is 40.5 Å². The Morgan fingerprint density at radius 1 is 1.28 bits per heavy atom. The second-order valence-corrected chi connectivity index (χ2v) is 6.49. The predicted octanol–water partition coefficient (Wildman–Crippen LogP) is 3.79. The molecule has 0 aromatic rings. The fourth-order valence-electron chi connectivity index (χ4n) is 2.98. The number of rotatable bonds is 10. The lowest BCUT2D eigenvalue weighted by molar-refractivity contribution is 0.0646. The summed E-state index contributed by atoms with van der Waals surface area (Å²) in [5, 5.41) is 0. The number of hydrogen-bond donors (Lipinski definition) is 1. The van der Waals surface area contributed by atoms with E-state index >= 15 is 0 Å². The van der Waals surface area contributed by atoms with Crippen molar-refractivity contribution in [2.24, 2.45) is 11.7 Å². The fourth-order valence-corrected chi connectivity index (χ4v) is 2.98. The lowest BCUT2D eigenvalue weighted by Gasteiger charge is -2.44. The zero-order valence-electron chi connectivity index (χ0n) is 13.0. The molecule has 0 aromatic carbocycles. The molecule has 0 spiro atoms. The van der Waals surface area contributed by atoms with Crippen LogP contribution in [0.1, 0.15) is 72.6 Å². The molecule has 2 heteroatoms. The molecule has 1 rings (SSSR count). The first-order valence-electron chi connectivity index (χ1n) is 8.06. The third-order valence-electron chi connectivity index (χ3n) is 4.58. The van der Waals surface area contributed by atoms with Crippen molar-refractivity contribution in [1.82, 2.24) is 4.90 Å². The average Bonchev–Trinajstić information content (AvgIpc) is 3.17. The molecule has 2 N–H and O–H groups in total. The van der Waals surface area contributed by atoms with E-state index in [1.165, 1.54) is 51.5 Å². The van der Waals surface area contributed by atoms with Crippen molar-refractivity contribution in [3.63, 3.8) is 0 Å². The van der Waals surface area contributed by atoms with Gasteiger partial charge in [-0.15, -0.1) is 0 Å². The van der Waals surface area contributed by atoms with Gasteiger partial charge in [0.15, 0.2) is 0 Å². The van der Waals surface area contributed by atoms with Gasteiger partial charge in [-0.2, -0.15) is 0 Å². The normalized spacial score (nSPS) is 19.5. The molecule has 0 aliphatic heterocycles. The summed E-state index contributed by atoms with van der Waals surface area (Å²) in [7, 11) is 0. The molecule has 0 aromatic heterocycles. The maximum Gasteiger partial charge on any atom is 0.0332 e. The monoisotopic (exact) mass is 254 g/mol. The molecule has 1 fully saturated rings. The summed E-state index contributed by atoms with van der Waals surface area (Å²) in [6.45, 7) is 11.3. The van der Waals surface area contributed by atoms with Crippen LogP contribution in [0, 0.1) is 5.92 Å². The molecule has 2 nitrogen and oxygen atoms in total. The van der Waals surface area contributed by atoms with Crippen molar-refractivity contribution in [3.05, 3.63) is 0 Å². The topological polar surface area (TPSA) is 29.3 Å². The van der Waals surface area contributed by atoms with Gasteiger partial charge in [-0.25, -0.2) is 0 Å². The summed E-state index contributed by atoms with van der Waals surface area (Å²) in [5.41, 5.74) is 6.47. The van der Waals surface area contributed by atoms with Crippen LogP contribution in [-0.4, -0.2) is 29.6 Å². The van der Waals surface area contributed by atoms with E-state index in [2.05, 4.69) is 32.6 Å². The van der Waals surface area contributed by atoms with Gasteiger partial charge in [-0.3, -0.25) is 4.90 Å². The molecule has 1 saturated carbocycles. The van der Waals surface area contributed by atoms with E-state index in [9.17, 15) is 0 Å². The van der Waals surface area contributed by atoms with Gasteiger partial charge in [0.2, 0.25) is 0 Å². The van der Waals surface area contributed by atoms with Crippen LogP contribution in [0.15, 0.2) is 0 Å². The van der Waals surface area contributed by atoms with Gasteiger partial charge in [0, 0.05) is 18.1 Å². The van der Waals surface area contributed by atoms with Crippen molar-refractivity contribution in [2.45, 2.75) is 84.2 Å². The Hall–Kier alpha value is -0.0800. The Balaban J connectivity index is 2.69. The fraction of sp³-hybridized carbons (Fsp3) is 1.00. The second-order valence-electron chi connectivity index (χ2n) is 6.49. The minimum absolute atomic E-state index is 0.284. The van der Waals surface area contributed by atoms with Gasteiger partial charge in [0.25, 0.3) is 0 Å². The Bertz CT molecular complexity index is 217. The van der Waals surface area contributed by atoms with Crippen molar-refractivity contribution < 1.29 is 0 Å². The van der Waals surface area contributed by atoms with E-state index in [-0.39, 0.29) is 5.54 Å². The van der Waals surface area contributed by atoms with Gasteiger partial charge in [0.05, 0.1) is 0 Å². The highest BCUT2D eigenvalue weighted by atomic mass is 15.3. The molecule has 1 aliphatic carbocycles. The first-order valence-corrected chi connectivity index (χ1v) is 8.06. The molecule has 0 saturated heterocycles. The molecular weight excluding hydrogens is 220 g/mol. The summed E-state index contributed by atoms with van der Waals surface area (Å²) in [6, 6.07) is 0.837. The van der Waals surface area contributed by atoms with E-state index in [4.69, 9.17) is 5.73 Å². The predicted molar refractivity (Wildman–Crippen MR) is 80.8 cm³/mol. The number of unbranched alkanes of at least 4 members (excludes halogenated alkanes) is 1. The molecule has 0 radical (unpaired) electrons. The number of hydrogen-bond acceptors (Lipinski definition) is 2. The highest BCUT2D eigenvalue weighted by molar-refractivity contribution is 4.98. The summed E-state index contributed by atoms with van der Waals surface area (Å²) >= 11 is 0. The van der Waals surface area contributed by atoms with Gasteiger partial charge in [0.1, 0.15) is 0 Å². The maximum atomic E-state index is 6.19. The molecule has 1 unspecified atom stereocenters. The Kier molecular flexibility index (Phi) is 6.65. The molecule has 18 heavy (non-hydrogen) atoms. The summed E-state index contributed by atoms with van der Waals surface area (Å²) in [5.74, 6) is 0.796. The van der Waals surface area contributed by atoms with E-state index in [0.29, 0.717) is 0 Å². The van der Waals surface area contributed by atoms with Crippen LogP contribution in [0.25, 0.3) is 0 Å². The Morgan fingerprint density at radius 3 is 2.33 bits per heavy atom. The summed E-state index contributed by atoms with van der Waals surface area (Å²) in [4.78, 5) is 2.78. The zero-order valence-corrected chi connectivity index (χ0v) is 13.0. The zero-order chi connectivity index (χ0) is 13.6. The smallest absolute Gasteiger partial charge is 0.0332 e. The van der Waals surface area contributed by atoms with E-state index in [1.54, 1.807) is 0 Å². The lowest BCUT2D eigenvalue weighted by atomic mass is 9.87. The third-order valence-corrected chi connectivity index (χ3v) is 4.58. The molecular formula is C16H34N2. The minimum Gasteiger partial charge on any atom is -0.329 e. The van der Waals surface area contributed by atoms with Crippen LogP contribution >= 0.6 is 0 Å². The molecule has 0 bridgehead atoms. The van der Waals surface area contributed by atoms with Gasteiger partial charge in [-0.05, 0) is 44.6 Å². The highest BCUT2D eigenvalue weighted by Crippen LogP contribution is 2.37. The largest absolute Gasteiger partial charge is 0.329 e. The van der Waals surface area contributed by atoms with Crippen LogP contribution in [0.3, 0.4) is 0 Å². The third kappa shape index (κ3) is 4.24. The standard InChI is InChI=1S/C16H34N2/c1-5-7-11-16(6-2,13-17)18(15-8-9-15)12-10-14(3)4/h14-15H,5-13,17H2,1-4H3. The highest BCUT2D eigenvalue weighted by Gasteiger charge is 2.41. The van der Waals surface area contributed by atoms with Crippen LogP contribution in [0.4, 0.5) is 0 Å². The van der Waals surface area contributed by atoms with E-state index in [0.717, 1.165) is 18.5 Å². The quantitative estimate of drug-likeness (QED) is 0.642. The summed E-state index contributed by atoms with van der Waals surface area (Å²) < 4.78 is 0. The Morgan fingerprint density at radius 2 is 1.94 bits per heavy atom. The van der Waals surface area contributed by atoms with Crippen molar-refractivity contribution in [2.75, 3.05) is 13.1 Å². The number of nitrogens with two attached hydrogens (primary N) is 1. The van der Waals surface area contributed by atoms with E-state index < -0.39 is 0 Å². The minimum atomic E-state index is 0.284. The van der Waals surface area contributed by atoms with Crippen molar-refractivity contribution >= 4 is 0 Å². The van der Waals surface area contributed by atoms with Crippen molar-refractivity contribution in [1.29, 1.82) is 0 Å². The first-order chi connectivity index (χ1) is 8.59. The van der Waals surface area contributed by atoms with Gasteiger partial charge < -0.3 is 5.73 Å². The Labute approximate surface area is 114 Å². The molecule has 1 atom stereocenters. The van der Waals surface area contributed by atoms with Crippen LogP contribution in [-0.2, 0) is 0 Å². The van der Waals surface area contributed by atoms with Gasteiger partial charge >= 0.3 is 0 Å². The second kappa shape index (κ2) is 7.49. The summed E-state index contributed by atoms with van der Waals surface area (Å²) in [6.07, 6.45) is 9.19. The first kappa shape index (κ1) is 16.0. The molecule has 108 valence electrons. The number of nitrogens with zero attached hydrogens (tertiary/aromatic N) is 1. The molecule has 1 aliphatic rings. The van der Waals surface area contributed by atoms with Crippen LogP contribution in [0.2, 0.25) is 0 Å². The SMILES string of the molecule is CCCCC(CC)(CN)N(CCC(C)C)C1CC1. The average molecular weight is 254 g/mol. The van der Waals surface area contributed by atoms with Crippen molar-refractivity contribution in [3.8, 4) is 0 Å². The van der Waals surface area contributed by atoms with E-state index in [1.807, 2.05) is 0 Å². The maximum absolute atomic E-state index is 6.19.